The van der Waals surface area contributed by atoms with Gasteiger partial charge < -0.3 is 14.6 Å². The number of aliphatic hydroxyl groups is 1. The summed E-state index contributed by atoms with van der Waals surface area (Å²) in [5.74, 6) is -0.253. The number of aliphatic hydroxyl groups excluding tert-OH is 1. The number of benzene rings is 1. The summed E-state index contributed by atoms with van der Waals surface area (Å²) in [6.45, 7) is 3.90. The van der Waals surface area contributed by atoms with E-state index in [1.807, 2.05) is 38.1 Å². The van der Waals surface area contributed by atoms with Crippen LogP contribution in [0.3, 0.4) is 0 Å². The summed E-state index contributed by atoms with van der Waals surface area (Å²) in [5, 5.41) is 9.16. The van der Waals surface area contributed by atoms with Crippen LogP contribution in [-0.2, 0) is 9.53 Å². The number of hydrogen-bond acceptors (Lipinski definition) is 4. The molecule has 1 aliphatic rings. The van der Waals surface area contributed by atoms with E-state index in [4.69, 9.17) is 14.6 Å². The maximum absolute atomic E-state index is 11.0. The summed E-state index contributed by atoms with van der Waals surface area (Å²) in [6.07, 6.45) is 1.00. The Kier molecular flexibility index (Phi) is 3.04. The Morgan fingerprint density at radius 2 is 1.94 bits per heavy atom. The van der Waals surface area contributed by atoms with Crippen molar-refractivity contribution in [1.29, 1.82) is 0 Å². The fraction of sp³-hybridized carbons (Fsp3) is 0.308. The minimum absolute atomic E-state index is 0.120. The molecule has 0 fully saturated rings. The molecule has 4 nitrogen and oxygen atoms in total. The molecule has 90 valence electrons. The van der Waals surface area contributed by atoms with Crippen LogP contribution in [0.5, 0.6) is 5.75 Å². The molecule has 1 unspecified atom stereocenters. The number of esters is 1. The average Bonchev–Trinajstić information content (AvgIpc) is 2.59. The van der Waals surface area contributed by atoms with E-state index in [2.05, 4.69) is 0 Å². The van der Waals surface area contributed by atoms with Gasteiger partial charge in [0.05, 0.1) is 6.10 Å². The van der Waals surface area contributed by atoms with E-state index >= 15 is 0 Å². The Morgan fingerprint density at radius 1 is 1.29 bits per heavy atom. The van der Waals surface area contributed by atoms with Crippen LogP contribution in [0, 0.1) is 0 Å². The summed E-state index contributed by atoms with van der Waals surface area (Å²) in [5.41, 5.74) is 0.804. The molecule has 0 aliphatic carbocycles. The number of ether oxygens (including phenoxy) is 2. The van der Waals surface area contributed by atoms with Crippen LogP contribution >= 0.6 is 0 Å². The SMILES string of the molecule is CC(C)Oc1ccc(C2C=C(O)C(=O)O2)cc1. The monoisotopic (exact) mass is 234 g/mol. The molecule has 0 radical (unpaired) electrons. The molecule has 4 heteroatoms. The Morgan fingerprint density at radius 3 is 2.41 bits per heavy atom. The highest BCUT2D eigenvalue weighted by atomic mass is 16.6. The molecule has 1 N–H and O–H groups in total. The summed E-state index contributed by atoms with van der Waals surface area (Å²) in [4.78, 5) is 11.0. The number of carbonyl (C=O) groups is 1. The van der Waals surface area contributed by atoms with E-state index in [0.29, 0.717) is 0 Å². The second-order valence-electron chi connectivity index (χ2n) is 4.11. The molecule has 2 rings (SSSR count). The van der Waals surface area contributed by atoms with Gasteiger partial charge in [-0.25, -0.2) is 4.79 Å². The first-order valence-corrected chi connectivity index (χ1v) is 5.44. The molecule has 0 saturated heterocycles. The predicted molar refractivity (Wildman–Crippen MR) is 61.8 cm³/mol. The average molecular weight is 234 g/mol. The molecule has 0 aromatic heterocycles. The number of hydrogen-bond donors (Lipinski definition) is 1. The van der Waals surface area contributed by atoms with Crippen LogP contribution in [0.4, 0.5) is 0 Å². The summed E-state index contributed by atoms with van der Waals surface area (Å²) < 4.78 is 10.5. The first kappa shape index (κ1) is 11.5. The van der Waals surface area contributed by atoms with Crippen molar-refractivity contribution in [2.24, 2.45) is 0 Å². The first-order valence-electron chi connectivity index (χ1n) is 5.44. The molecular weight excluding hydrogens is 220 g/mol. The van der Waals surface area contributed by atoms with Crippen LogP contribution in [0.25, 0.3) is 0 Å². The standard InChI is InChI=1S/C13H14O4/c1-8(2)16-10-5-3-9(4-6-10)12-7-11(14)13(15)17-12/h3-8,12,14H,1-2H3. The van der Waals surface area contributed by atoms with Gasteiger partial charge in [-0.15, -0.1) is 0 Å². The van der Waals surface area contributed by atoms with Crippen LogP contribution < -0.4 is 4.74 Å². The van der Waals surface area contributed by atoms with Crippen LogP contribution in [0.1, 0.15) is 25.5 Å². The van der Waals surface area contributed by atoms with Crippen molar-refractivity contribution < 1.29 is 19.4 Å². The second kappa shape index (κ2) is 4.49. The minimum Gasteiger partial charge on any atom is -0.502 e. The summed E-state index contributed by atoms with van der Waals surface area (Å²) >= 11 is 0. The van der Waals surface area contributed by atoms with Crippen LogP contribution in [-0.4, -0.2) is 17.2 Å². The molecule has 1 atom stereocenters. The highest BCUT2D eigenvalue weighted by Crippen LogP contribution is 2.28. The van der Waals surface area contributed by atoms with Crippen molar-refractivity contribution in [1.82, 2.24) is 0 Å². The van der Waals surface area contributed by atoms with Gasteiger partial charge >= 0.3 is 5.97 Å². The van der Waals surface area contributed by atoms with E-state index in [1.165, 1.54) is 6.08 Å². The lowest BCUT2D eigenvalue weighted by molar-refractivity contribution is -0.142. The summed E-state index contributed by atoms with van der Waals surface area (Å²) in [7, 11) is 0. The van der Waals surface area contributed by atoms with Gasteiger partial charge in [0.1, 0.15) is 11.9 Å². The van der Waals surface area contributed by atoms with Gasteiger partial charge in [0, 0.05) is 6.08 Å². The molecule has 1 aromatic rings. The van der Waals surface area contributed by atoms with Gasteiger partial charge in [0.15, 0.2) is 0 Å². The van der Waals surface area contributed by atoms with Gasteiger partial charge in [0.25, 0.3) is 0 Å². The lowest BCUT2D eigenvalue weighted by atomic mass is 10.1. The number of cyclic esters (lactones) is 1. The Bertz CT molecular complexity index is 445. The van der Waals surface area contributed by atoms with Crippen molar-refractivity contribution in [2.75, 3.05) is 0 Å². The third kappa shape index (κ3) is 2.58. The van der Waals surface area contributed by atoms with E-state index in [1.54, 1.807) is 0 Å². The maximum atomic E-state index is 11.0. The van der Waals surface area contributed by atoms with Crippen molar-refractivity contribution in [3.05, 3.63) is 41.7 Å². The molecule has 1 aliphatic heterocycles. The predicted octanol–water partition coefficient (Wildman–Crippen LogP) is 2.51. The van der Waals surface area contributed by atoms with E-state index in [-0.39, 0.29) is 11.9 Å². The zero-order chi connectivity index (χ0) is 12.4. The van der Waals surface area contributed by atoms with Crippen LogP contribution in [0.15, 0.2) is 36.1 Å². The lowest BCUT2D eigenvalue weighted by Crippen LogP contribution is -2.06. The molecule has 0 bridgehead atoms. The van der Waals surface area contributed by atoms with E-state index in [9.17, 15) is 4.79 Å². The van der Waals surface area contributed by atoms with Crippen molar-refractivity contribution >= 4 is 5.97 Å². The van der Waals surface area contributed by atoms with Gasteiger partial charge in [0.2, 0.25) is 5.76 Å². The molecule has 1 aromatic carbocycles. The maximum Gasteiger partial charge on any atom is 0.374 e. The quantitative estimate of drug-likeness (QED) is 0.816. The summed E-state index contributed by atoms with van der Waals surface area (Å²) in [6, 6.07) is 7.24. The lowest BCUT2D eigenvalue weighted by Gasteiger charge is -2.11. The minimum atomic E-state index is -0.683. The van der Waals surface area contributed by atoms with Gasteiger partial charge in [-0.05, 0) is 31.5 Å². The largest absolute Gasteiger partial charge is 0.502 e. The van der Waals surface area contributed by atoms with E-state index in [0.717, 1.165) is 11.3 Å². The Labute approximate surface area is 99.5 Å². The highest BCUT2D eigenvalue weighted by molar-refractivity contribution is 5.88. The smallest absolute Gasteiger partial charge is 0.374 e. The molecule has 0 spiro atoms. The molecule has 0 saturated carbocycles. The first-order chi connectivity index (χ1) is 8.06. The fourth-order valence-electron chi connectivity index (χ4n) is 1.59. The number of rotatable bonds is 3. The van der Waals surface area contributed by atoms with Crippen molar-refractivity contribution in [3.8, 4) is 5.75 Å². The second-order valence-corrected chi connectivity index (χ2v) is 4.11. The van der Waals surface area contributed by atoms with Crippen molar-refractivity contribution in [3.63, 3.8) is 0 Å². The zero-order valence-corrected chi connectivity index (χ0v) is 9.71. The molecule has 17 heavy (non-hydrogen) atoms. The molecule has 0 amide bonds. The number of carbonyl (C=O) groups excluding carboxylic acids is 1. The Balaban J connectivity index is 2.11. The van der Waals surface area contributed by atoms with Gasteiger partial charge in [-0.1, -0.05) is 12.1 Å². The third-order valence-electron chi connectivity index (χ3n) is 2.33. The molecule has 1 heterocycles. The van der Waals surface area contributed by atoms with E-state index < -0.39 is 12.1 Å². The van der Waals surface area contributed by atoms with Gasteiger partial charge in [-0.2, -0.15) is 0 Å². The topological polar surface area (TPSA) is 55.8 Å². The third-order valence-corrected chi connectivity index (χ3v) is 2.33. The molecular formula is C13H14O4. The van der Waals surface area contributed by atoms with Crippen LogP contribution in [0.2, 0.25) is 0 Å². The van der Waals surface area contributed by atoms with Crippen molar-refractivity contribution in [2.45, 2.75) is 26.1 Å². The Hall–Kier alpha value is -1.97. The highest BCUT2D eigenvalue weighted by Gasteiger charge is 2.26. The normalized spacial score (nSPS) is 19.1. The fourth-order valence-corrected chi connectivity index (χ4v) is 1.59. The zero-order valence-electron chi connectivity index (χ0n) is 9.71. The van der Waals surface area contributed by atoms with Gasteiger partial charge in [-0.3, -0.25) is 0 Å².